The third-order valence-electron chi connectivity index (χ3n) is 2.54. The van der Waals surface area contributed by atoms with E-state index in [2.05, 4.69) is 4.98 Å². The molecule has 0 saturated heterocycles. The molecule has 0 N–H and O–H groups in total. The summed E-state index contributed by atoms with van der Waals surface area (Å²) in [6, 6.07) is 7.43. The summed E-state index contributed by atoms with van der Waals surface area (Å²) in [5.74, 6) is -0.121. The number of oxazole rings is 1. The molecule has 1 heterocycles. The van der Waals surface area contributed by atoms with Crippen molar-refractivity contribution in [3.05, 3.63) is 24.3 Å². The molecule has 5 nitrogen and oxygen atoms in total. The van der Waals surface area contributed by atoms with Crippen LogP contribution in [0.2, 0.25) is 0 Å². The maximum absolute atomic E-state index is 11.6. The average Bonchev–Trinajstić information content (AvgIpc) is 2.86. The van der Waals surface area contributed by atoms with Gasteiger partial charge in [-0.15, -0.1) is 0 Å². The number of Topliss-reactive ketones (excluding diaryl/α,β-unsaturated/α-hetero) is 1. The summed E-state index contributed by atoms with van der Waals surface area (Å²) >= 11 is 1.24. The topological polar surface area (TPSA) is 69.4 Å². The Kier molecular flexibility index (Phi) is 5.17. The van der Waals surface area contributed by atoms with Crippen molar-refractivity contribution in [1.82, 2.24) is 4.98 Å². The van der Waals surface area contributed by atoms with Crippen molar-refractivity contribution in [3.63, 3.8) is 0 Å². The van der Waals surface area contributed by atoms with Crippen molar-refractivity contribution in [2.24, 2.45) is 0 Å². The van der Waals surface area contributed by atoms with E-state index in [0.29, 0.717) is 17.4 Å². The summed E-state index contributed by atoms with van der Waals surface area (Å²) in [6.45, 7) is 2.08. The summed E-state index contributed by atoms with van der Waals surface area (Å²) in [6.07, 6.45) is 0.312. The van der Waals surface area contributed by atoms with Crippen molar-refractivity contribution in [3.8, 4) is 0 Å². The molecule has 6 heteroatoms. The number of benzene rings is 1. The maximum Gasteiger partial charge on any atom is 0.306 e. The van der Waals surface area contributed by atoms with Gasteiger partial charge in [0.05, 0.1) is 18.8 Å². The lowest BCUT2D eigenvalue weighted by Gasteiger charge is -2.00. The number of rotatable bonds is 7. The third-order valence-corrected chi connectivity index (χ3v) is 3.43. The lowest BCUT2D eigenvalue weighted by atomic mass is 10.2. The van der Waals surface area contributed by atoms with Gasteiger partial charge in [-0.2, -0.15) is 0 Å². The fourth-order valence-corrected chi connectivity index (χ4v) is 2.34. The van der Waals surface area contributed by atoms with Crippen molar-refractivity contribution < 1.29 is 18.7 Å². The number of hydrogen-bond donors (Lipinski definition) is 0. The highest BCUT2D eigenvalue weighted by atomic mass is 32.2. The Morgan fingerprint density at radius 1 is 1.30 bits per heavy atom. The highest BCUT2D eigenvalue weighted by Crippen LogP contribution is 2.23. The number of thioether (sulfide) groups is 1. The molecule has 0 aliphatic rings. The van der Waals surface area contributed by atoms with Crippen molar-refractivity contribution >= 4 is 34.6 Å². The van der Waals surface area contributed by atoms with Crippen LogP contribution >= 0.6 is 11.8 Å². The van der Waals surface area contributed by atoms with Crippen LogP contribution in [0, 0.1) is 0 Å². The zero-order chi connectivity index (χ0) is 14.4. The fourth-order valence-electron chi connectivity index (χ4n) is 1.60. The Balaban J connectivity index is 1.79. The second-order valence-corrected chi connectivity index (χ2v) is 5.01. The van der Waals surface area contributed by atoms with Crippen LogP contribution in [-0.4, -0.2) is 29.1 Å². The first-order chi connectivity index (χ1) is 9.69. The maximum atomic E-state index is 11.6. The molecule has 106 valence electrons. The van der Waals surface area contributed by atoms with Crippen molar-refractivity contribution in [2.75, 3.05) is 12.4 Å². The number of ketones is 1. The molecule has 0 amide bonds. The van der Waals surface area contributed by atoms with E-state index in [1.807, 2.05) is 24.3 Å². The predicted molar refractivity (Wildman–Crippen MR) is 75.6 cm³/mol. The molecule has 20 heavy (non-hydrogen) atoms. The Labute approximate surface area is 120 Å². The molecule has 0 unspecified atom stereocenters. The van der Waals surface area contributed by atoms with Gasteiger partial charge >= 0.3 is 5.97 Å². The zero-order valence-corrected chi connectivity index (χ0v) is 11.9. The first-order valence-corrected chi connectivity index (χ1v) is 7.33. The smallest absolute Gasteiger partial charge is 0.306 e. The number of fused-ring (bicyclic) bond motifs is 1. The Morgan fingerprint density at radius 3 is 2.85 bits per heavy atom. The summed E-state index contributed by atoms with van der Waals surface area (Å²) in [5, 5.41) is 0.468. The molecule has 0 fully saturated rings. The number of ether oxygens (including phenoxy) is 1. The monoisotopic (exact) mass is 293 g/mol. The van der Waals surface area contributed by atoms with Gasteiger partial charge in [-0.05, 0) is 19.1 Å². The largest absolute Gasteiger partial charge is 0.466 e. The van der Waals surface area contributed by atoms with Crippen LogP contribution < -0.4 is 0 Å². The van der Waals surface area contributed by atoms with Gasteiger partial charge in [0.1, 0.15) is 11.3 Å². The number of nitrogens with zero attached hydrogens (tertiary/aromatic N) is 1. The lowest BCUT2D eigenvalue weighted by Crippen LogP contribution is -2.09. The Hall–Kier alpha value is -1.82. The lowest BCUT2D eigenvalue weighted by molar-refractivity contribution is -0.144. The summed E-state index contributed by atoms with van der Waals surface area (Å²) in [4.78, 5) is 27.0. The molecular formula is C14H15NO4S. The second-order valence-electron chi connectivity index (χ2n) is 4.08. The standard InChI is InChI=1S/C14H15NO4S/c1-2-18-13(17)8-7-10(16)9-20-14-15-11-5-3-4-6-12(11)19-14/h3-6H,2,7-9H2,1H3. The van der Waals surface area contributed by atoms with E-state index in [1.54, 1.807) is 6.92 Å². The molecule has 2 aromatic rings. The third kappa shape index (κ3) is 4.09. The number of para-hydroxylation sites is 2. The molecule has 1 aromatic heterocycles. The van der Waals surface area contributed by atoms with Gasteiger partial charge < -0.3 is 9.15 Å². The molecule has 0 radical (unpaired) electrons. The predicted octanol–water partition coefficient (Wildman–Crippen LogP) is 2.83. The van der Waals surface area contributed by atoms with E-state index in [1.165, 1.54) is 11.8 Å². The van der Waals surface area contributed by atoms with E-state index in [-0.39, 0.29) is 30.3 Å². The molecule has 0 aliphatic carbocycles. The molecular weight excluding hydrogens is 278 g/mol. The highest BCUT2D eigenvalue weighted by Gasteiger charge is 2.11. The number of esters is 1. The SMILES string of the molecule is CCOC(=O)CCC(=O)CSc1nc2ccccc2o1. The quantitative estimate of drug-likeness (QED) is 0.577. The van der Waals surface area contributed by atoms with Gasteiger partial charge in [-0.1, -0.05) is 23.9 Å². The minimum atomic E-state index is -0.340. The van der Waals surface area contributed by atoms with Gasteiger partial charge in [0, 0.05) is 6.42 Å². The van der Waals surface area contributed by atoms with Gasteiger partial charge in [0.15, 0.2) is 5.58 Å². The van der Waals surface area contributed by atoms with Crippen LogP contribution in [0.1, 0.15) is 19.8 Å². The minimum absolute atomic E-state index is 0.0229. The molecule has 0 saturated carbocycles. The van der Waals surface area contributed by atoms with E-state index in [0.717, 1.165) is 5.52 Å². The molecule has 0 bridgehead atoms. The molecule has 0 atom stereocenters. The Morgan fingerprint density at radius 2 is 2.10 bits per heavy atom. The normalized spacial score (nSPS) is 10.7. The van der Waals surface area contributed by atoms with Gasteiger partial charge in [-0.25, -0.2) is 4.98 Å². The number of aromatic nitrogens is 1. The minimum Gasteiger partial charge on any atom is -0.466 e. The summed E-state index contributed by atoms with van der Waals surface area (Å²) in [5.41, 5.74) is 1.47. The van der Waals surface area contributed by atoms with E-state index >= 15 is 0 Å². The van der Waals surface area contributed by atoms with E-state index < -0.39 is 0 Å². The van der Waals surface area contributed by atoms with E-state index in [4.69, 9.17) is 9.15 Å². The van der Waals surface area contributed by atoms with E-state index in [9.17, 15) is 9.59 Å². The fraction of sp³-hybridized carbons (Fsp3) is 0.357. The first-order valence-electron chi connectivity index (χ1n) is 6.34. The molecule has 2 rings (SSSR count). The van der Waals surface area contributed by atoms with Crippen LogP contribution in [0.25, 0.3) is 11.1 Å². The number of hydrogen-bond acceptors (Lipinski definition) is 6. The molecule has 0 aliphatic heterocycles. The number of carbonyl (C=O) groups is 2. The Bertz CT molecular complexity index is 575. The zero-order valence-electron chi connectivity index (χ0n) is 11.1. The second kappa shape index (κ2) is 7.09. The van der Waals surface area contributed by atoms with Crippen LogP contribution in [0.15, 0.2) is 33.9 Å². The summed E-state index contributed by atoms with van der Waals surface area (Å²) < 4.78 is 10.3. The molecule has 1 aromatic carbocycles. The first kappa shape index (κ1) is 14.6. The van der Waals surface area contributed by atoms with Crippen LogP contribution in [0.5, 0.6) is 0 Å². The highest BCUT2D eigenvalue weighted by molar-refractivity contribution is 7.99. The van der Waals surface area contributed by atoms with Crippen LogP contribution in [-0.2, 0) is 14.3 Å². The average molecular weight is 293 g/mol. The van der Waals surface area contributed by atoms with Gasteiger partial charge in [0.2, 0.25) is 0 Å². The van der Waals surface area contributed by atoms with Crippen molar-refractivity contribution in [2.45, 2.75) is 25.0 Å². The summed E-state index contributed by atoms with van der Waals surface area (Å²) in [7, 11) is 0. The van der Waals surface area contributed by atoms with Gasteiger partial charge in [-0.3, -0.25) is 9.59 Å². The number of carbonyl (C=O) groups excluding carboxylic acids is 2. The molecule has 0 spiro atoms. The van der Waals surface area contributed by atoms with Crippen molar-refractivity contribution in [1.29, 1.82) is 0 Å². The van der Waals surface area contributed by atoms with Crippen LogP contribution in [0.3, 0.4) is 0 Å². The van der Waals surface area contributed by atoms with Crippen LogP contribution in [0.4, 0.5) is 0 Å². The van der Waals surface area contributed by atoms with Gasteiger partial charge in [0.25, 0.3) is 5.22 Å².